The number of carbonyl (C=O) groups is 1. The van der Waals surface area contributed by atoms with Crippen molar-refractivity contribution in [1.29, 1.82) is 0 Å². The van der Waals surface area contributed by atoms with Crippen molar-refractivity contribution in [2.24, 2.45) is 0 Å². The number of anilines is 3. The molecule has 0 spiro atoms. The Kier molecular flexibility index (Phi) is 4.76. The molecule has 0 aliphatic rings. The van der Waals surface area contributed by atoms with Crippen LogP contribution in [0.3, 0.4) is 0 Å². The van der Waals surface area contributed by atoms with E-state index in [1.807, 2.05) is 62.2 Å². The van der Waals surface area contributed by atoms with E-state index in [-0.39, 0.29) is 0 Å². The van der Waals surface area contributed by atoms with Crippen LogP contribution in [-0.4, -0.2) is 6.79 Å². The first-order valence-corrected chi connectivity index (χ1v) is 5.23. The summed E-state index contributed by atoms with van der Waals surface area (Å²) in [6, 6.07) is 16.0. The fourth-order valence-electron chi connectivity index (χ4n) is 1.44. The highest BCUT2D eigenvalue weighted by Gasteiger charge is 1.96. The van der Waals surface area contributed by atoms with Gasteiger partial charge in [-0.05, 0) is 42.8 Å². The Labute approximate surface area is 101 Å². The summed E-state index contributed by atoms with van der Waals surface area (Å²) in [6.07, 6.45) is 0. The summed E-state index contributed by atoms with van der Waals surface area (Å²) >= 11 is 0. The second-order valence-electron chi connectivity index (χ2n) is 3.56. The van der Waals surface area contributed by atoms with Gasteiger partial charge in [-0.2, -0.15) is 0 Å². The standard InChI is InChI=1S/C13H14N2.CH2O/c1-10-9-12(7-8-13(10)14)15-11-5-3-2-4-6-11;1-2/h2-9,15H,14H2,1H3;1H2. The zero-order valence-electron chi connectivity index (χ0n) is 9.81. The van der Waals surface area contributed by atoms with Crippen molar-refractivity contribution >= 4 is 23.9 Å². The van der Waals surface area contributed by atoms with Gasteiger partial charge in [0.2, 0.25) is 0 Å². The monoisotopic (exact) mass is 228 g/mol. The maximum Gasteiger partial charge on any atom is 0.106 e. The molecule has 0 atom stereocenters. The molecule has 0 unspecified atom stereocenters. The maximum atomic E-state index is 8.00. The van der Waals surface area contributed by atoms with Gasteiger partial charge in [-0.1, -0.05) is 18.2 Å². The summed E-state index contributed by atoms with van der Waals surface area (Å²) in [4.78, 5) is 8.00. The molecule has 0 radical (unpaired) electrons. The van der Waals surface area contributed by atoms with Gasteiger partial charge in [0.25, 0.3) is 0 Å². The van der Waals surface area contributed by atoms with Crippen LogP contribution in [0.15, 0.2) is 48.5 Å². The summed E-state index contributed by atoms with van der Waals surface area (Å²) in [6.45, 7) is 4.01. The Morgan fingerprint density at radius 1 is 1.00 bits per heavy atom. The van der Waals surface area contributed by atoms with Crippen molar-refractivity contribution in [2.75, 3.05) is 11.1 Å². The molecule has 0 saturated heterocycles. The van der Waals surface area contributed by atoms with E-state index in [9.17, 15) is 0 Å². The van der Waals surface area contributed by atoms with Gasteiger partial charge < -0.3 is 15.8 Å². The van der Waals surface area contributed by atoms with E-state index in [0.717, 1.165) is 22.6 Å². The fraction of sp³-hybridized carbons (Fsp3) is 0.0714. The lowest BCUT2D eigenvalue weighted by Gasteiger charge is -2.08. The van der Waals surface area contributed by atoms with Gasteiger partial charge >= 0.3 is 0 Å². The van der Waals surface area contributed by atoms with E-state index in [0.29, 0.717) is 0 Å². The van der Waals surface area contributed by atoms with Crippen LogP contribution in [0.4, 0.5) is 17.1 Å². The second-order valence-corrected chi connectivity index (χ2v) is 3.56. The third kappa shape index (κ3) is 3.65. The molecule has 3 N–H and O–H groups in total. The van der Waals surface area contributed by atoms with Gasteiger partial charge in [-0.3, -0.25) is 0 Å². The smallest absolute Gasteiger partial charge is 0.106 e. The predicted octanol–water partition coefficient (Wildman–Crippen LogP) is 3.14. The van der Waals surface area contributed by atoms with E-state index in [1.165, 1.54) is 0 Å². The highest BCUT2D eigenvalue weighted by Crippen LogP contribution is 2.20. The number of rotatable bonds is 2. The van der Waals surface area contributed by atoms with Crippen molar-refractivity contribution in [3.05, 3.63) is 54.1 Å². The minimum absolute atomic E-state index is 0.827. The Bertz CT molecular complexity index is 469. The number of carbonyl (C=O) groups excluding carboxylic acids is 1. The molecule has 0 aliphatic carbocycles. The largest absolute Gasteiger partial charge is 0.399 e. The van der Waals surface area contributed by atoms with Gasteiger partial charge in [0, 0.05) is 17.1 Å². The molecular formula is C14H16N2O. The normalized spacial score (nSPS) is 9.00. The lowest BCUT2D eigenvalue weighted by molar-refractivity contribution is -0.0979. The van der Waals surface area contributed by atoms with Crippen LogP contribution < -0.4 is 11.1 Å². The van der Waals surface area contributed by atoms with Crippen molar-refractivity contribution in [3.8, 4) is 0 Å². The number of nitrogens with one attached hydrogen (secondary N) is 1. The molecular weight excluding hydrogens is 212 g/mol. The summed E-state index contributed by atoms with van der Waals surface area (Å²) in [7, 11) is 0. The summed E-state index contributed by atoms with van der Waals surface area (Å²) in [5.41, 5.74) is 9.82. The molecule has 0 bridgehead atoms. The molecule has 0 aromatic heterocycles. The zero-order chi connectivity index (χ0) is 12.7. The Morgan fingerprint density at radius 3 is 2.24 bits per heavy atom. The summed E-state index contributed by atoms with van der Waals surface area (Å²) < 4.78 is 0. The molecule has 0 aliphatic heterocycles. The van der Waals surface area contributed by atoms with Crippen LogP contribution in [0, 0.1) is 6.92 Å². The first-order valence-electron chi connectivity index (χ1n) is 5.23. The lowest BCUT2D eigenvalue weighted by atomic mass is 10.2. The van der Waals surface area contributed by atoms with Gasteiger partial charge in [0.05, 0.1) is 0 Å². The van der Waals surface area contributed by atoms with E-state index in [1.54, 1.807) is 0 Å². The van der Waals surface area contributed by atoms with Crippen molar-refractivity contribution in [3.63, 3.8) is 0 Å². The molecule has 0 amide bonds. The Hall–Kier alpha value is -2.29. The number of hydrogen-bond donors (Lipinski definition) is 2. The molecule has 2 rings (SSSR count). The van der Waals surface area contributed by atoms with Crippen LogP contribution in [0.2, 0.25) is 0 Å². The molecule has 3 heteroatoms. The third-order valence-electron chi connectivity index (χ3n) is 2.33. The van der Waals surface area contributed by atoms with E-state index < -0.39 is 0 Å². The van der Waals surface area contributed by atoms with E-state index in [2.05, 4.69) is 5.32 Å². The van der Waals surface area contributed by atoms with Crippen molar-refractivity contribution in [2.45, 2.75) is 6.92 Å². The highest BCUT2D eigenvalue weighted by molar-refractivity contribution is 5.63. The van der Waals surface area contributed by atoms with Crippen LogP contribution in [0.5, 0.6) is 0 Å². The topological polar surface area (TPSA) is 55.1 Å². The third-order valence-corrected chi connectivity index (χ3v) is 2.33. The van der Waals surface area contributed by atoms with Crippen LogP contribution in [-0.2, 0) is 4.79 Å². The quantitative estimate of drug-likeness (QED) is 0.776. The predicted molar refractivity (Wildman–Crippen MR) is 72.4 cm³/mol. The molecule has 0 fully saturated rings. The summed E-state index contributed by atoms with van der Waals surface area (Å²) in [5, 5.41) is 3.32. The minimum Gasteiger partial charge on any atom is -0.399 e. The van der Waals surface area contributed by atoms with Gasteiger partial charge in [0.1, 0.15) is 6.79 Å². The second kappa shape index (κ2) is 6.33. The molecule has 2 aromatic rings. The zero-order valence-corrected chi connectivity index (χ0v) is 9.81. The Morgan fingerprint density at radius 2 is 1.65 bits per heavy atom. The number of benzene rings is 2. The number of para-hydroxylation sites is 1. The van der Waals surface area contributed by atoms with Crippen LogP contribution in [0.25, 0.3) is 0 Å². The van der Waals surface area contributed by atoms with Gasteiger partial charge in [-0.15, -0.1) is 0 Å². The van der Waals surface area contributed by atoms with Crippen LogP contribution >= 0.6 is 0 Å². The SMILES string of the molecule is C=O.Cc1cc(Nc2ccccc2)ccc1N. The molecule has 2 aromatic carbocycles. The first-order chi connectivity index (χ1) is 8.25. The highest BCUT2D eigenvalue weighted by atomic mass is 16.1. The molecule has 0 saturated carbocycles. The molecule has 0 heterocycles. The Balaban J connectivity index is 0.000000686. The number of aryl methyl sites for hydroxylation is 1. The van der Waals surface area contributed by atoms with Gasteiger partial charge in [0.15, 0.2) is 0 Å². The lowest BCUT2D eigenvalue weighted by Crippen LogP contribution is -1.93. The molecule has 88 valence electrons. The first kappa shape index (κ1) is 12.8. The van der Waals surface area contributed by atoms with E-state index >= 15 is 0 Å². The minimum atomic E-state index is 0.827. The average molecular weight is 228 g/mol. The fourth-order valence-corrected chi connectivity index (χ4v) is 1.44. The number of nitrogens with two attached hydrogens (primary N) is 1. The average Bonchev–Trinajstić information content (AvgIpc) is 2.38. The summed E-state index contributed by atoms with van der Waals surface area (Å²) in [5.74, 6) is 0. The van der Waals surface area contributed by atoms with Gasteiger partial charge in [-0.25, -0.2) is 0 Å². The number of hydrogen-bond acceptors (Lipinski definition) is 3. The number of nitrogen functional groups attached to an aromatic ring is 1. The van der Waals surface area contributed by atoms with E-state index in [4.69, 9.17) is 10.5 Å². The van der Waals surface area contributed by atoms with Crippen molar-refractivity contribution < 1.29 is 4.79 Å². The molecule has 17 heavy (non-hydrogen) atoms. The maximum absolute atomic E-state index is 8.00. The van der Waals surface area contributed by atoms with Crippen molar-refractivity contribution in [1.82, 2.24) is 0 Å². The molecule has 3 nitrogen and oxygen atoms in total. The van der Waals surface area contributed by atoms with Crippen LogP contribution in [0.1, 0.15) is 5.56 Å².